The van der Waals surface area contributed by atoms with Gasteiger partial charge in [-0.1, -0.05) is 109 Å². The van der Waals surface area contributed by atoms with Crippen LogP contribution in [0.15, 0.2) is 12.2 Å². The minimum atomic E-state index is -1.61. The summed E-state index contributed by atoms with van der Waals surface area (Å²) in [6, 6.07) is -12.5. The van der Waals surface area contributed by atoms with Crippen LogP contribution in [0.25, 0.3) is 0 Å². The Kier molecular flexibility index (Phi) is 31.2. The van der Waals surface area contributed by atoms with Crippen LogP contribution in [-0.4, -0.2) is 203 Å². The summed E-state index contributed by atoms with van der Waals surface area (Å²) in [6.07, 6.45) is 2.97. The predicted molar refractivity (Wildman–Crippen MR) is 319 cm³/mol. The average Bonchev–Trinajstić information content (AvgIpc) is 3.39. The molecule has 0 bridgehead atoms. The molecule has 1 fully saturated rings. The Balaban J connectivity index is 4.22. The van der Waals surface area contributed by atoms with E-state index in [9.17, 15) is 53.1 Å². The van der Waals surface area contributed by atoms with E-state index < -0.39 is 156 Å². The zero-order valence-corrected chi connectivity index (χ0v) is 54.2. The molecule has 474 valence electrons. The maximum absolute atomic E-state index is 15.0. The van der Waals surface area contributed by atoms with Crippen LogP contribution in [0.1, 0.15) is 156 Å². The molecule has 0 aromatic carbocycles. The summed E-state index contributed by atoms with van der Waals surface area (Å²) >= 11 is 0. The predicted octanol–water partition coefficient (Wildman–Crippen LogP) is 2.58. The van der Waals surface area contributed by atoms with Crippen molar-refractivity contribution in [2.45, 2.75) is 223 Å². The number of nitrogens with zero attached hydrogens (tertiary/aromatic N) is 5. The van der Waals surface area contributed by atoms with E-state index in [4.69, 9.17) is 0 Å². The highest BCUT2D eigenvalue weighted by atomic mass is 16.3. The van der Waals surface area contributed by atoms with Crippen molar-refractivity contribution in [3.63, 3.8) is 0 Å². The van der Waals surface area contributed by atoms with Gasteiger partial charge in [0.05, 0.1) is 12.6 Å². The van der Waals surface area contributed by atoms with E-state index in [1.165, 1.54) is 63.8 Å². The minimum Gasteiger partial charge on any atom is -0.390 e. The molecule has 1 saturated heterocycles. The molecule has 0 spiro atoms. The minimum absolute atomic E-state index is 0.0219. The number of amides is 11. The summed E-state index contributed by atoms with van der Waals surface area (Å²) < 4.78 is 0. The van der Waals surface area contributed by atoms with Crippen LogP contribution in [0.4, 0.5) is 0 Å². The van der Waals surface area contributed by atoms with Crippen molar-refractivity contribution in [1.29, 1.82) is 0 Å². The smallest absolute Gasteiger partial charge is 0.246 e. The average molecular weight is 1170 g/mol. The molecule has 23 heteroatoms. The van der Waals surface area contributed by atoms with Crippen molar-refractivity contribution in [3.8, 4) is 0 Å². The summed E-state index contributed by atoms with van der Waals surface area (Å²) in [5.41, 5.74) is 0. The Labute approximate surface area is 495 Å². The molecule has 0 saturated carbocycles. The molecule has 12 atom stereocenters. The molecular formula is C60H107N11O12. The second-order valence-corrected chi connectivity index (χ2v) is 25.3. The molecular weight excluding hydrogens is 1070 g/mol. The molecule has 0 aromatic rings. The van der Waals surface area contributed by atoms with Gasteiger partial charge in [0.2, 0.25) is 65.0 Å². The van der Waals surface area contributed by atoms with Crippen LogP contribution < -0.4 is 31.9 Å². The largest absolute Gasteiger partial charge is 0.390 e. The van der Waals surface area contributed by atoms with Gasteiger partial charge in [-0.3, -0.25) is 52.7 Å². The van der Waals surface area contributed by atoms with E-state index in [1.54, 1.807) is 60.6 Å². The number of hydrogen-bond donors (Lipinski definition) is 7. The topological polar surface area (TPSA) is 296 Å². The van der Waals surface area contributed by atoms with Crippen LogP contribution in [0.5, 0.6) is 0 Å². The van der Waals surface area contributed by atoms with E-state index in [0.717, 1.165) is 9.80 Å². The molecule has 0 unspecified atom stereocenters. The Hall–Kier alpha value is -6.13. The van der Waals surface area contributed by atoms with E-state index >= 15 is 4.79 Å². The number of carbonyl (C=O) groups excluding carboxylic acids is 11. The van der Waals surface area contributed by atoms with Gasteiger partial charge in [0, 0.05) is 35.2 Å². The van der Waals surface area contributed by atoms with Crippen molar-refractivity contribution in [2.24, 2.45) is 41.4 Å². The maximum Gasteiger partial charge on any atom is 0.246 e. The number of rotatable bonds is 15. The number of likely N-dealkylation sites (N-methyl/N-ethyl adjacent to an activating group) is 5. The molecule has 0 aliphatic carbocycles. The van der Waals surface area contributed by atoms with Crippen molar-refractivity contribution in [2.75, 3.05) is 41.8 Å². The van der Waals surface area contributed by atoms with Crippen LogP contribution in [0, 0.1) is 41.4 Å². The van der Waals surface area contributed by atoms with Crippen LogP contribution >= 0.6 is 0 Å². The lowest BCUT2D eigenvalue weighted by molar-refractivity contribution is -0.154. The normalized spacial score (nSPS) is 27.0. The van der Waals surface area contributed by atoms with Crippen molar-refractivity contribution < 1.29 is 57.8 Å². The Morgan fingerprint density at radius 2 is 0.928 bits per heavy atom. The first-order valence-corrected chi connectivity index (χ1v) is 29.8. The number of carbonyl (C=O) groups is 11. The van der Waals surface area contributed by atoms with Gasteiger partial charge in [0.1, 0.15) is 60.4 Å². The first-order valence-electron chi connectivity index (χ1n) is 29.8. The summed E-state index contributed by atoms with van der Waals surface area (Å²) in [4.78, 5) is 164. The van der Waals surface area contributed by atoms with Crippen LogP contribution in [0.3, 0.4) is 0 Å². The Morgan fingerprint density at radius 3 is 1.41 bits per heavy atom. The number of allylic oxidation sites excluding steroid dienone is 2. The zero-order valence-electron chi connectivity index (χ0n) is 54.2. The summed E-state index contributed by atoms with van der Waals surface area (Å²) in [5.74, 6) is -10.0. The molecule has 23 nitrogen and oxygen atoms in total. The fourth-order valence-corrected chi connectivity index (χ4v) is 10.1. The van der Waals surface area contributed by atoms with Gasteiger partial charge in [-0.15, -0.1) is 0 Å². The zero-order chi connectivity index (χ0) is 64.2. The van der Waals surface area contributed by atoms with Crippen molar-refractivity contribution in [3.05, 3.63) is 12.2 Å². The molecule has 83 heavy (non-hydrogen) atoms. The third-order valence-electron chi connectivity index (χ3n) is 15.2. The second-order valence-electron chi connectivity index (χ2n) is 25.3. The lowest BCUT2D eigenvalue weighted by Crippen LogP contribution is -2.63. The Morgan fingerprint density at radius 1 is 0.470 bits per heavy atom. The third kappa shape index (κ3) is 22.4. The van der Waals surface area contributed by atoms with Gasteiger partial charge in [0.15, 0.2) is 0 Å². The highest BCUT2D eigenvalue weighted by Gasteiger charge is 2.44. The van der Waals surface area contributed by atoms with Gasteiger partial charge >= 0.3 is 0 Å². The third-order valence-corrected chi connectivity index (χ3v) is 15.2. The molecule has 1 heterocycles. The van der Waals surface area contributed by atoms with Gasteiger partial charge in [-0.05, 0) is 101 Å². The molecule has 11 amide bonds. The monoisotopic (exact) mass is 1170 g/mol. The number of nitrogens with one attached hydrogen (secondary N) is 6. The van der Waals surface area contributed by atoms with Gasteiger partial charge in [-0.25, -0.2) is 0 Å². The lowest BCUT2D eigenvalue weighted by Gasteiger charge is -2.40. The molecule has 1 rings (SSSR count). The Bertz CT molecular complexity index is 2250. The first-order chi connectivity index (χ1) is 38.4. The van der Waals surface area contributed by atoms with Crippen molar-refractivity contribution in [1.82, 2.24) is 56.4 Å². The molecule has 0 aromatic heterocycles. The quantitative estimate of drug-likeness (QED) is 0.117. The van der Waals surface area contributed by atoms with Crippen LogP contribution in [0.2, 0.25) is 0 Å². The van der Waals surface area contributed by atoms with Crippen LogP contribution in [-0.2, 0) is 52.7 Å². The van der Waals surface area contributed by atoms with E-state index in [2.05, 4.69) is 31.9 Å². The van der Waals surface area contributed by atoms with Gasteiger partial charge in [0.25, 0.3) is 0 Å². The maximum atomic E-state index is 15.0. The molecule has 1 aliphatic rings. The summed E-state index contributed by atoms with van der Waals surface area (Å²) in [6.45, 7) is 29.1. The molecule has 1 aliphatic heterocycles. The number of hydrogen-bond acceptors (Lipinski definition) is 12. The molecule has 7 N–H and O–H groups in total. The highest BCUT2D eigenvalue weighted by Crippen LogP contribution is 2.24. The van der Waals surface area contributed by atoms with Gasteiger partial charge in [-0.2, -0.15) is 0 Å². The van der Waals surface area contributed by atoms with E-state index in [-0.39, 0.29) is 55.8 Å². The second kappa shape index (κ2) is 34.6. The fraction of sp³-hybridized carbons (Fsp3) is 0.783. The number of aliphatic hydroxyl groups is 1. The van der Waals surface area contributed by atoms with E-state index in [1.807, 2.05) is 55.4 Å². The summed E-state index contributed by atoms with van der Waals surface area (Å²) in [5, 5.41) is 28.5. The van der Waals surface area contributed by atoms with Gasteiger partial charge < -0.3 is 61.5 Å². The van der Waals surface area contributed by atoms with E-state index in [0.29, 0.717) is 6.42 Å². The van der Waals surface area contributed by atoms with Crippen molar-refractivity contribution >= 4 is 65.0 Å². The fourth-order valence-electron chi connectivity index (χ4n) is 10.1. The number of aliphatic hydroxyl groups excluding tert-OH is 1. The summed E-state index contributed by atoms with van der Waals surface area (Å²) in [7, 11) is 6.94. The lowest BCUT2D eigenvalue weighted by atomic mass is 9.91. The first kappa shape index (κ1) is 74.9. The molecule has 0 radical (unpaired) electrons. The standard InChI is InChI=1S/C60H107N11O12/c1-23-25-26-38(15)50(73)49-56(79)63-41(24-2)58(81)67(18)31-46(72)68(19)44(29-34(7)8)54(77)66-47(36(11)12)55(78)64-42(27-32(3)4)52(75)61-39(16)51(74)62-40(17)57(80)69(20)45(30-35(9)10)53(76)65-43(28-33(5)6)59(82)70(21)48(37(13)14)60(83)71(49)22/h23,25,32-45,47-50,73H,24,26-31H2,1-22H3,(H,61,75)(H,62,74)(H,63,79)(H,64,78)(H,65,76)(H,66,77)/b25-23+/t38-,39+,40-,41-,42-,43+,44+,45+,47+,48-,49+,50-/m1/s1. The highest BCUT2D eigenvalue weighted by molar-refractivity contribution is 5.99. The SMILES string of the molecule is C/C=C/C[C@@H](C)[C@@H](O)[C@H]1C(=O)N[C@H](CC)C(=O)N(C)CC(=O)N(C)[C@@H](CC(C)C)C(=O)N[C@@H](C(C)C)C(=O)N[C@H](CC(C)C)C(=O)N[C@@H](C)C(=O)N[C@H](C)C(=O)N(C)[C@@H](CC(C)C)C(=O)N[C@@H](CC(C)C)C(=O)N(C)[C@H](C(C)C)C(=O)N1C.